The number of halogens is 1. The van der Waals surface area contributed by atoms with Crippen LogP contribution >= 0.6 is 12.4 Å². The van der Waals surface area contributed by atoms with Gasteiger partial charge in [0, 0.05) is 30.1 Å². The normalized spacial score (nSPS) is 25.2. The summed E-state index contributed by atoms with van der Waals surface area (Å²) in [6.07, 6.45) is 4.45. The van der Waals surface area contributed by atoms with E-state index < -0.39 is 0 Å². The second kappa shape index (κ2) is 7.18. The van der Waals surface area contributed by atoms with Crippen molar-refractivity contribution in [3.8, 4) is 0 Å². The van der Waals surface area contributed by atoms with Gasteiger partial charge in [-0.2, -0.15) is 0 Å². The molecule has 6 heteroatoms. The van der Waals surface area contributed by atoms with E-state index in [-0.39, 0.29) is 29.3 Å². The first kappa shape index (κ1) is 18.0. The van der Waals surface area contributed by atoms with Gasteiger partial charge in [-0.05, 0) is 36.9 Å². The predicted octanol–water partition coefficient (Wildman–Crippen LogP) is 2.35. The number of hydrogen-bond acceptors (Lipinski definition) is 3. The third-order valence-corrected chi connectivity index (χ3v) is 5.77. The van der Waals surface area contributed by atoms with Crippen LogP contribution in [0.3, 0.4) is 0 Å². The van der Waals surface area contributed by atoms with Crippen LogP contribution in [0.4, 0.5) is 0 Å². The average Bonchev–Trinajstić information content (AvgIpc) is 3.04. The number of pyridine rings is 1. The van der Waals surface area contributed by atoms with E-state index >= 15 is 0 Å². The zero-order valence-electron chi connectivity index (χ0n) is 14.1. The highest BCUT2D eigenvalue weighted by Crippen LogP contribution is 2.43. The molecule has 2 aromatic rings. The van der Waals surface area contributed by atoms with Gasteiger partial charge in [-0.3, -0.25) is 9.59 Å². The summed E-state index contributed by atoms with van der Waals surface area (Å²) in [5.41, 5.74) is 1.30. The lowest BCUT2D eigenvalue weighted by Gasteiger charge is -2.37. The molecule has 25 heavy (non-hydrogen) atoms. The van der Waals surface area contributed by atoms with Crippen LogP contribution in [0.15, 0.2) is 35.1 Å². The lowest BCUT2D eigenvalue weighted by atomic mass is 9.67. The number of benzene rings is 1. The zero-order chi connectivity index (χ0) is 16.6. The van der Waals surface area contributed by atoms with Gasteiger partial charge in [0.1, 0.15) is 0 Å². The lowest BCUT2D eigenvalue weighted by molar-refractivity contribution is -0.134. The quantitative estimate of drug-likeness (QED) is 0.785. The van der Waals surface area contributed by atoms with Gasteiger partial charge in [-0.25, -0.2) is 0 Å². The van der Waals surface area contributed by atoms with Gasteiger partial charge in [0.15, 0.2) is 0 Å². The monoisotopic (exact) mass is 361 g/mol. The third-order valence-electron chi connectivity index (χ3n) is 5.77. The Morgan fingerprint density at radius 2 is 2.12 bits per heavy atom. The molecule has 3 N–H and O–H groups in total. The van der Waals surface area contributed by atoms with Crippen molar-refractivity contribution >= 4 is 29.2 Å². The number of carbonyl (C=O) groups excluding carboxylic acids is 1. The minimum absolute atomic E-state index is 0. The predicted molar refractivity (Wildman–Crippen MR) is 101 cm³/mol. The van der Waals surface area contributed by atoms with E-state index in [0.29, 0.717) is 12.5 Å². The van der Waals surface area contributed by atoms with Gasteiger partial charge in [-0.1, -0.05) is 31.0 Å². The van der Waals surface area contributed by atoms with Crippen molar-refractivity contribution in [2.24, 2.45) is 11.3 Å². The van der Waals surface area contributed by atoms with Crippen molar-refractivity contribution in [2.45, 2.75) is 32.2 Å². The highest BCUT2D eigenvalue weighted by molar-refractivity contribution is 5.86. The maximum atomic E-state index is 13.0. The van der Waals surface area contributed by atoms with Crippen LogP contribution < -0.4 is 16.2 Å². The summed E-state index contributed by atoms with van der Waals surface area (Å²) in [7, 11) is 0. The molecule has 4 rings (SSSR count). The highest BCUT2D eigenvalue weighted by Gasteiger charge is 2.49. The molecule has 2 atom stereocenters. The number of aromatic amines is 1. The topological polar surface area (TPSA) is 74.0 Å². The Morgan fingerprint density at radius 3 is 3.00 bits per heavy atom. The number of H-pyrrole nitrogens is 1. The molecule has 134 valence electrons. The summed E-state index contributed by atoms with van der Waals surface area (Å²) in [5, 5.41) is 7.51. The summed E-state index contributed by atoms with van der Waals surface area (Å²) >= 11 is 0. The molecule has 2 heterocycles. The molecule has 0 unspecified atom stereocenters. The van der Waals surface area contributed by atoms with Crippen molar-refractivity contribution in [1.29, 1.82) is 0 Å². The fourth-order valence-corrected chi connectivity index (χ4v) is 4.47. The van der Waals surface area contributed by atoms with Gasteiger partial charge < -0.3 is 15.6 Å². The molecule has 1 saturated heterocycles. The van der Waals surface area contributed by atoms with Crippen LogP contribution in [0.2, 0.25) is 0 Å². The molecule has 5 nitrogen and oxygen atoms in total. The van der Waals surface area contributed by atoms with E-state index in [1.807, 2.05) is 24.3 Å². The van der Waals surface area contributed by atoms with E-state index in [1.54, 1.807) is 6.07 Å². The second-order valence-electron chi connectivity index (χ2n) is 7.12. The molecular formula is C19H24ClN3O2. The van der Waals surface area contributed by atoms with Gasteiger partial charge >= 0.3 is 0 Å². The molecule has 1 saturated carbocycles. The van der Waals surface area contributed by atoms with Crippen LogP contribution in [-0.2, 0) is 11.3 Å². The molecule has 0 spiro atoms. The Labute approximate surface area is 153 Å². The molecule has 1 aliphatic carbocycles. The van der Waals surface area contributed by atoms with E-state index in [2.05, 4.69) is 15.6 Å². The Kier molecular flexibility index (Phi) is 5.16. The van der Waals surface area contributed by atoms with Gasteiger partial charge in [-0.15, -0.1) is 12.4 Å². The molecule has 2 fully saturated rings. The number of nitrogens with one attached hydrogen (secondary N) is 3. The Bertz CT molecular complexity index is 835. The van der Waals surface area contributed by atoms with E-state index in [9.17, 15) is 9.59 Å². The number of rotatable bonds is 3. The molecule has 1 aliphatic heterocycles. The summed E-state index contributed by atoms with van der Waals surface area (Å²) in [6.45, 7) is 2.12. The second-order valence-corrected chi connectivity index (χ2v) is 7.12. The fraction of sp³-hybridized carbons (Fsp3) is 0.474. The standard InChI is InChI=1S/C19H23N3O2.ClH/c23-17-9-13(15-6-1-2-7-16(15)22-17)10-21-18(24)19-8-4-3-5-14(19)11-20-12-19;/h1-2,6-7,9,14,20H,3-5,8,10-12H2,(H,21,24)(H,22,23);1H/t14-,19+;/m0./s1. The minimum Gasteiger partial charge on any atom is -0.351 e. The summed E-state index contributed by atoms with van der Waals surface area (Å²) in [6, 6.07) is 9.30. The molecular weight excluding hydrogens is 338 g/mol. The number of fused-ring (bicyclic) bond motifs is 2. The maximum Gasteiger partial charge on any atom is 0.248 e. The van der Waals surface area contributed by atoms with Crippen molar-refractivity contribution < 1.29 is 4.79 Å². The number of para-hydroxylation sites is 1. The van der Waals surface area contributed by atoms with Crippen LogP contribution in [0.25, 0.3) is 10.9 Å². The smallest absolute Gasteiger partial charge is 0.248 e. The van der Waals surface area contributed by atoms with Crippen LogP contribution in [0.1, 0.15) is 31.2 Å². The summed E-state index contributed by atoms with van der Waals surface area (Å²) < 4.78 is 0. The SMILES string of the molecule is Cl.O=C(NCc1cc(=O)[nH]c2ccccc12)[C@@]12CCCC[C@H]1CNC2. The van der Waals surface area contributed by atoms with E-state index in [4.69, 9.17) is 0 Å². The van der Waals surface area contributed by atoms with Crippen LogP contribution in [-0.4, -0.2) is 24.0 Å². The maximum absolute atomic E-state index is 13.0. The molecule has 1 aromatic carbocycles. The van der Waals surface area contributed by atoms with Gasteiger partial charge in [0.05, 0.1) is 5.41 Å². The Morgan fingerprint density at radius 1 is 1.28 bits per heavy atom. The Balaban J connectivity index is 0.00000182. The summed E-state index contributed by atoms with van der Waals surface area (Å²) in [4.78, 5) is 27.7. The van der Waals surface area contributed by atoms with Crippen molar-refractivity contribution in [3.05, 3.63) is 46.2 Å². The molecule has 2 aliphatic rings. The first-order valence-electron chi connectivity index (χ1n) is 8.79. The van der Waals surface area contributed by atoms with Crippen LogP contribution in [0, 0.1) is 11.3 Å². The number of aromatic nitrogens is 1. The van der Waals surface area contributed by atoms with E-state index in [1.165, 1.54) is 6.42 Å². The zero-order valence-corrected chi connectivity index (χ0v) is 15.0. The molecule has 0 bridgehead atoms. The van der Waals surface area contributed by atoms with Crippen molar-refractivity contribution in [1.82, 2.24) is 15.6 Å². The fourth-order valence-electron chi connectivity index (χ4n) is 4.47. The first-order valence-corrected chi connectivity index (χ1v) is 8.79. The summed E-state index contributed by atoms with van der Waals surface area (Å²) in [5.74, 6) is 0.587. The van der Waals surface area contributed by atoms with Crippen LogP contribution in [0.5, 0.6) is 0 Å². The average molecular weight is 362 g/mol. The van der Waals surface area contributed by atoms with Gasteiger partial charge in [0.2, 0.25) is 11.5 Å². The molecule has 1 amide bonds. The van der Waals surface area contributed by atoms with Crippen molar-refractivity contribution in [2.75, 3.05) is 13.1 Å². The number of carbonyl (C=O) groups is 1. The van der Waals surface area contributed by atoms with Gasteiger partial charge in [0.25, 0.3) is 0 Å². The third kappa shape index (κ3) is 3.18. The molecule has 0 radical (unpaired) electrons. The highest BCUT2D eigenvalue weighted by atomic mass is 35.5. The van der Waals surface area contributed by atoms with Crippen molar-refractivity contribution in [3.63, 3.8) is 0 Å². The minimum atomic E-state index is -0.255. The first-order chi connectivity index (χ1) is 11.7. The number of amides is 1. The largest absolute Gasteiger partial charge is 0.351 e. The Hall–Kier alpha value is -1.85. The molecule has 1 aromatic heterocycles. The lowest BCUT2D eigenvalue weighted by Crippen LogP contribution is -2.47. The number of hydrogen-bond donors (Lipinski definition) is 3. The van der Waals surface area contributed by atoms with E-state index in [0.717, 1.165) is 48.8 Å².